The summed E-state index contributed by atoms with van der Waals surface area (Å²) in [5.74, 6) is 0. The molecule has 1 saturated carbocycles. The summed E-state index contributed by atoms with van der Waals surface area (Å²) in [6.07, 6.45) is 1.08. The van der Waals surface area contributed by atoms with Gasteiger partial charge in [0.2, 0.25) is 0 Å². The van der Waals surface area contributed by atoms with Gasteiger partial charge in [-0.3, -0.25) is 0 Å². The van der Waals surface area contributed by atoms with Crippen LogP contribution in [0.25, 0.3) is 0 Å². The third kappa shape index (κ3) is 1.27. The normalized spacial score (nSPS) is 27.1. The Morgan fingerprint density at radius 3 is 2.47 bits per heavy atom. The molecule has 1 fully saturated rings. The van der Waals surface area contributed by atoms with Crippen LogP contribution in [0.4, 0.5) is 0 Å². The second kappa shape index (κ2) is 3.08. The van der Waals surface area contributed by atoms with Crippen LogP contribution in [0.3, 0.4) is 0 Å². The van der Waals surface area contributed by atoms with Crippen molar-refractivity contribution in [3.63, 3.8) is 0 Å². The van der Waals surface area contributed by atoms with E-state index in [1.54, 1.807) is 0 Å². The highest BCUT2D eigenvalue weighted by molar-refractivity contribution is 5.48. The van der Waals surface area contributed by atoms with Crippen LogP contribution in [0.2, 0.25) is 0 Å². The topological polar surface area (TPSA) is 49.8 Å². The number of benzene rings is 1. The van der Waals surface area contributed by atoms with Crippen LogP contribution in [0.1, 0.15) is 31.4 Å². The molecule has 0 radical (unpaired) electrons. The van der Waals surface area contributed by atoms with Crippen molar-refractivity contribution >= 4 is 0 Å². The average molecular weight is 200 g/mol. The average Bonchev–Trinajstić information content (AvgIpc) is 2.82. The molecule has 1 atom stereocenters. The first-order chi connectivity index (χ1) is 7.07. The summed E-state index contributed by atoms with van der Waals surface area (Å²) in [7, 11) is 0. The van der Waals surface area contributed by atoms with Crippen LogP contribution in [0.15, 0.2) is 24.3 Å². The molecule has 1 aliphatic rings. The van der Waals surface area contributed by atoms with Crippen molar-refractivity contribution in [1.29, 1.82) is 5.26 Å². The van der Waals surface area contributed by atoms with Crippen LogP contribution in [0, 0.1) is 16.7 Å². The Morgan fingerprint density at radius 2 is 2.00 bits per heavy atom. The molecule has 15 heavy (non-hydrogen) atoms. The maximum Gasteiger partial charge on any atom is 0.0994 e. The second-order valence-electron chi connectivity index (χ2n) is 5.00. The van der Waals surface area contributed by atoms with Gasteiger partial charge in [0.15, 0.2) is 0 Å². The highest BCUT2D eigenvalue weighted by Gasteiger charge is 2.61. The summed E-state index contributed by atoms with van der Waals surface area (Å²) in [6, 6.07) is 10.1. The van der Waals surface area contributed by atoms with Crippen molar-refractivity contribution in [2.75, 3.05) is 6.54 Å². The molecule has 0 spiro atoms. The highest BCUT2D eigenvalue weighted by atomic mass is 14.7. The lowest BCUT2D eigenvalue weighted by atomic mass is 9.85. The Kier molecular flexibility index (Phi) is 2.09. The van der Waals surface area contributed by atoms with E-state index < -0.39 is 0 Å². The molecule has 1 aliphatic carbocycles. The Morgan fingerprint density at radius 1 is 1.40 bits per heavy atom. The van der Waals surface area contributed by atoms with Crippen molar-refractivity contribution in [3.8, 4) is 6.07 Å². The third-order valence-electron chi connectivity index (χ3n) is 3.83. The van der Waals surface area contributed by atoms with Gasteiger partial charge < -0.3 is 5.73 Å². The zero-order valence-corrected chi connectivity index (χ0v) is 9.25. The molecule has 78 valence electrons. The molecule has 2 N–H and O–H groups in total. The molecule has 0 saturated heterocycles. The molecule has 1 aromatic carbocycles. The van der Waals surface area contributed by atoms with E-state index in [0.717, 1.165) is 17.5 Å². The smallest absolute Gasteiger partial charge is 0.0994 e. The molecule has 0 heterocycles. The number of nitriles is 1. The first-order valence-electron chi connectivity index (χ1n) is 5.27. The number of hydrogen-bond donors (Lipinski definition) is 1. The fraction of sp³-hybridized carbons (Fsp3) is 0.462. The summed E-state index contributed by atoms with van der Waals surface area (Å²) >= 11 is 0. The first kappa shape index (κ1) is 10.2. The van der Waals surface area contributed by atoms with Gasteiger partial charge in [0, 0.05) is 12.0 Å². The summed E-state index contributed by atoms with van der Waals surface area (Å²) in [5.41, 5.74) is 8.05. The van der Waals surface area contributed by atoms with Crippen molar-refractivity contribution in [3.05, 3.63) is 35.4 Å². The fourth-order valence-electron chi connectivity index (χ4n) is 2.63. The van der Waals surface area contributed by atoms with Gasteiger partial charge in [0.25, 0.3) is 0 Å². The lowest BCUT2D eigenvalue weighted by Gasteiger charge is -2.20. The molecular formula is C13H16N2. The van der Waals surface area contributed by atoms with Crippen molar-refractivity contribution < 1.29 is 0 Å². The SMILES string of the molecule is CC1(C)CC1(CN)c1ccccc1C#N. The standard InChI is InChI=1S/C13H16N2/c1-12(2)8-13(12,9-15)11-6-4-3-5-10(11)7-14/h3-6H,8-9,15H2,1-2H3. The minimum absolute atomic E-state index is 0.0271. The minimum Gasteiger partial charge on any atom is -0.330 e. The third-order valence-corrected chi connectivity index (χ3v) is 3.83. The highest BCUT2D eigenvalue weighted by Crippen LogP contribution is 2.64. The van der Waals surface area contributed by atoms with Crippen LogP contribution < -0.4 is 5.73 Å². The lowest BCUT2D eigenvalue weighted by molar-refractivity contribution is 0.502. The van der Waals surface area contributed by atoms with E-state index in [4.69, 9.17) is 11.0 Å². The van der Waals surface area contributed by atoms with E-state index in [2.05, 4.69) is 19.9 Å². The summed E-state index contributed by atoms with van der Waals surface area (Å²) in [6.45, 7) is 5.06. The first-order valence-corrected chi connectivity index (χ1v) is 5.27. The van der Waals surface area contributed by atoms with Crippen molar-refractivity contribution in [2.24, 2.45) is 11.1 Å². The molecule has 1 aromatic rings. The zero-order valence-electron chi connectivity index (χ0n) is 9.25. The van der Waals surface area contributed by atoms with E-state index in [0.29, 0.717) is 6.54 Å². The van der Waals surface area contributed by atoms with Gasteiger partial charge >= 0.3 is 0 Å². The second-order valence-corrected chi connectivity index (χ2v) is 5.00. The molecule has 0 bridgehead atoms. The predicted octanol–water partition coefficient (Wildman–Crippen LogP) is 2.18. The van der Waals surface area contributed by atoms with Crippen LogP contribution in [-0.2, 0) is 5.41 Å². The summed E-state index contributed by atoms with van der Waals surface area (Å²) < 4.78 is 0. The van der Waals surface area contributed by atoms with Crippen LogP contribution >= 0.6 is 0 Å². The Bertz CT molecular complexity index is 428. The largest absolute Gasteiger partial charge is 0.330 e. The molecule has 2 rings (SSSR count). The van der Waals surface area contributed by atoms with Crippen molar-refractivity contribution in [2.45, 2.75) is 25.7 Å². The number of hydrogen-bond acceptors (Lipinski definition) is 2. The fourth-order valence-corrected chi connectivity index (χ4v) is 2.63. The van der Waals surface area contributed by atoms with Gasteiger partial charge in [0.05, 0.1) is 11.6 Å². The van der Waals surface area contributed by atoms with Gasteiger partial charge in [-0.15, -0.1) is 0 Å². The van der Waals surface area contributed by atoms with Gasteiger partial charge in [0.1, 0.15) is 0 Å². The minimum atomic E-state index is 0.0271. The van der Waals surface area contributed by atoms with Gasteiger partial charge in [-0.2, -0.15) is 5.26 Å². The zero-order chi connectivity index (χ0) is 11.1. The Balaban J connectivity index is 2.52. The van der Waals surface area contributed by atoms with E-state index >= 15 is 0 Å². The number of nitrogens with zero attached hydrogens (tertiary/aromatic N) is 1. The molecule has 2 heteroatoms. The number of rotatable bonds is 2. The summed E-state index contributed by atoms with van der Waals surface area (Å²) in [5, 5.41) is 9.08. The van der Waals surface area contributed by atoms with Crippen LogP contribution in [0.5, 0.6) is 0 Å². The molecule has 0 aromatic heterocycles. The van der Waals surface area contributed by atoms with Gasteiger partial charge in [-0.05, 0) is 23.5 Å². The number of nitrogens with two attached hydrogens (primary N) is 1. The molecule has 1 unspecified atom stereocenters. The molecule has 0 amide bonds. The maximum atomic E-state index is 9.08. The van der Waals surface area contributed by atoms with E-state index in [1.807, 2.05) is 24.3 Å². The van der Waals surface area contributed by atoms with Gasteiger partial charge in [-0.25, -0.2) is 0 Å². The van der Waals surface area contributed by atoms with E-state index in [1.165, 1.54) is 0 Å². The molecule has 0 aliphatic heterocycles. The van der Waals surface area contributed by atoms with Gasteiger partial charge in [-0.1, -0.05) is 32.0 Å². The quantitative estimate of drug-likeness (QED) is 0.795. The lowest BCUT2D eigenvalue weighted by Crippen LogP contribution is -2.26. The summed E-state index contributed by atoms with van der Waals surface area (Å²) in [4.78, 5) is 0. The Labute approximate surface area is 90.7 Å². The van der Waals surface area contributed by atoms with E-state index in [-0.39, 0.29) is 10.8 Å². The molecule has 2 nitrogen and oxygen atoms in total. The van der Waals surface area contributed by atoms with Crippen LogP contribution in [-0.4, -0.2) is 6.54 Å². The monoisotopic (exact) mass is 200 g/mol. The van der Waals surface area contributed by atoms with E-state index in [9.17, 15) is 0 Å². The predicted molar refractivity (Wildman–Crippen MR) is 60.3 cm³/mol. The van der Waals surface area contributed by atoms with Crippen molar-refractivity contribution in [1.82, 2.24) is 0 Å². The maximum absolute atomic E-state index is 9.08. The molecular weight excluding hydrogens is 184 g/mol. The Hall–Kier alpha value is -1.33.